The van der Waals surface area contributed by atoms with E-state index in [0.29, 0.717) is 18.6 Å². The van der Waals surface area contributed by atoms with E-state index in [1.807, 2.05) is 6.92 Å². The van der Waals surface area contributed by atoms with Crippen molar-refractivity contribution in [2.24, 2.45) is 0 Å². The van der Waals surface area contributed by atoms with Crippen LogP contribution in [0.3, 0.4) is 0 Å². The molecule has 8 nitrogen and oxygen atoms in total. The van der Waals surface area contributed by atoms with Crippen molar-refractivity contribution < 1.29 is 34.7 Å². The monoisotopic (exact) mass is 391 g/mol. The van der Waals surface area contributed by atoms with Crippen molar-refractivity contribution in [2.45, 2.75) is 31.9 Å². The Morgan fingerprint density at radius 1 is 1.07 bits per heavy atom. The predicted octanol–water partition coefficient (Wildman–Crippen LogP) is 2.82. The molecule has 0 aromatic heterocycles. The summed E-state index contributed by atoms with van der Waals surface area (Å²) >= 11 is 0. The van der Waals surface area contributed by atoms with E-state index in [1.54, 1.807) is 12.1 Å². The molecule has 0 aliphatic carbocycles. The van der Waals surface area contributed by atoms with Crippen molar-refractivity contribution in [1.29, 1.82) is 0 Å². The number of rotatable bonds is 11. The molecule has 0 saturated carbocycles. The molecule has 2 rings (SSSR count). The average Bonchev–Trinajstić information content (AvgIpc) is 2.66. The van der Waals surface area contributed by atoms with E-state index < -0.39 is 11.7 Å². The van der Waals surface area contributed by atoms with Gasteiger partial charge in [0.1, 0.15) is 5.75 Å². The van der Waals surface area contributed by atoms with Gasteiger partial charge in [-0.15, -0.1) is 0 Å². The number of carbonyl (C=O) groups is 1. The molecule has 152 valence electrons. The highest BCUT2D eigenvalue weighted by Crippen LogP contribution is 2.30. The summed E-state index contributed by atoms with van der Waals surface area (Å²) < 4.78 is 11.1. The maximum atomic E-state index is 11.9. The highest BCUT2D eigenvalue weighted by molar-refractivity contribution is 5.77. The SMILES string of the molecule is CCCC(NCCCOc1ccc(O)c(O)c1)(Oc1ccccc1O)C(=O)O. The van der Waals surface area contributed by atoms with Crippen LogP contribution in [0.15, 0.2) is 42.5 Å². The van der Waals surface area contributed by atoms with Crippen molar-refractivity contribution in [3.05, 3.63) is 42.5 Å². The maximum Gasteiger partial charge on any atom is 0.363 e. The van der Waals surface area contributed by atoms with Gasteiger partial charge in [0.25, 0.3) is 5.72 Å². The van der Waals surface area contributed by atoms with E-state index in [2.05, 4.69) is 5.32 Å². The lowest BCUT2D eigenvalue weighted by atomic mass is 10.1. The molecule has 5 N–H and O–H groups in total. The molecule has 1 unspecified atom stereocenters. The molecule has 0 heterocycles. The Morgan fingerprint density at radius 3 is 2.46 bits per heavy atom. The summed E-state index contributed by atoms with van der Waals surface area (Å²) in [4.78, 5) is 11.9. The summed E-state index contributed by atoms with van der Waals surface area (Å²) in [6, 6.07) is 10.3. The fraction of sp³-hybridized carbons (Fsp3) is 0.350. The number of phenolic OH excluding ortho intramolecular Hbond substituents is 3. The molecule has 0 fully saturated rings. The number of aliphatic carboxylic acids is 1. The van der Waals surface area contributed by atoms with E-state index in [1.165, 1.54) is 30.3 Å². The number of phenols is 3. The number of benzene rings is 2. The first-order valence-electron chi connectivity index (χ1n) is 8.98. The Balaban J connectivity index is 1.95. The molecule has 0 spiro atoms. The largest absolute Gasteiger partial charge is 0.504 e. The van der Waals surface area contributed by atoms with Crippen LogP contribution < -0.4 is 14.8 Å². The standard InChI is InChI=1S/C20H25NO7/c1-2-10-20(19(25)26,28-18-7-4-3-6-16(18)23)21-11-5-12-27-14-8-9-15(22)17(24)13-14/h3-4,6-9,13,21-24H,2,5,10-12H2,1H3,(H,25,26). The van der Waals surface area contributed by atoms with Crippen LogP contribution in [0.4, 0.5) is 0 Å². The second kappa shape index (κ2) is 9.70. The number of hydrogen-bond acceptors (Lipinski definition) is 7. The van der Waals surface area contributed by atoms with E-state index in [9.17, 15) is 25.2 Å². The van der Waals surface area contributed by atoms with Gasteiger partial charge in [-0.2, -0.15) is 0 Å². The van der Waals surface area contributed by atoms with Gasteiger partial charge in [0, 0.05) is 19.0 Å². The third-order valence-corrected chi connectivity index (χ3v) is 4.04. The van der Waals surface area contributed by atoms with Gasteiger partial charge >= 0.3 is 5.97 Å². The van der Waals surface area contributed by atoms with Gasteiger partial charge in [0.15, 0.2) is 23.0 Å². The number of ether oxygens (including phenoxy) is 2. The fourth-order valence-electron chi connectivity index (χ4n) is 2.63. The van der Waals surface area contributed by atoms with Crippen LogP contribution in [0.25, 0.3) is 0 Å². The van der Waals surface area contributed by atoms with Gasteiger partial charge in [-0.05, 0) is 30.7 Å². The lowest BCUT2D eigenvalue weighted by molar-refractivity contribution is -0.159. The molecule has 2 aromatic rings. The van der Waals surface area contributed by atoms with Gasteiger partial charge in [0.2, 0.25) is 0 Å². The Hall–Kier alpha value is -3.13. The first kappa shape index (κ1) is 21.2. The van der Waals surface area contributed by atoms with Crippen LogP contribution in [0.2, 0.25) is 0 Å². The van der Waals surface area contributed by atoms with Crippen molar-refractivity contribution in [3.63, 3.8) is 0 Å². The maximum absolute atomic E-state index is 11.9. The summed E-state index contributed by atoms with van der Waals surface area (Å²) in [6.45, 7) is 2.38. The topological polar surface area (TPSA) is 128 Å². The number of carboxylic acids is 1. The number of nitrogens with one attached hydrogen (secondary N) is 1. The third-order valence-electron chi connectivity index (χ3n) is 4.04. The zero-order valence-electron chi connectivity index (χ0n) is 15.6. The molecule has 2 aromatic carbocycles. The van der Waals surface area contributed by atoms with Crippen LogP contribution in [0.1, 0.15) is 26.2 Å². The average molecular weight is 391 g/mol. The lowest BCUT2D eigenvalue weighted by Gasteiger charge is -2.31. The number of carboxylic acid groups (broad SMARTS) is 1. The molecule has 1 atom stereocenters. The summed E-state index contributed by atoms with van der Waals surface area (Å²) in [6.07, 6.45) is 1.21. The van der Waals surface area contributed by atoms with E-state index in [4.69, 9.17) is 9.47 Å². The minimum absolute atomic E-state index is 0.0849. The van der Waals surface area contributed by atoms with E-state index in [0.717, 1.165) is 0 Å². The Labute approximate surface area is 163 Å². The quantitative estimate of drug-likeness (QED) is 0.225. The number of hydrogen-bond donors (Lipinski definition) is 5. The van der Waals surface area contributed by atoms with Gasteiger partial charge < -0.3 is 29.9 Å². The zero-order chi connectivity index (χ0) is 20.6. The van der Waals surface area contributed by atoms with Crippen molar-refractivity contribution in [3.8, 4) is 28.7 Å². The fourth-order valence-corrected chi connectivity index (χ4v) is 2.63. The Kier molecular flexibility index (Phi) is 7.34. The predicted molar refractivity (Wildman–Crippen MR) is 102 cm³/mol. The molecule has 0 saturated heterocycles. The normalized spacial score (nSPS) is 12.9. The molecular formula is C20H25NO7. The number of para-hydroxylation sites is 2. The van der Waals surface area contributed by atoms with Crippen LogP contribution in [0.5, 0.6) is 28.7 Å². The van der Waals surface area contributed by atoms with Gasteiger partial charge in [-0.25, -0.2) is 4.79 Å². The minimum Gasteiger partial charge on any atom is -0.504 e. The zero-order valence-corrected chi connectivity index (χ0v) is 15.6. The summed E-state index contributed by atoms with van der Waals surface area (Å²) in [7, 11) is 0. The third kappa shape index (κ3) is 5.43. The number of aromatic hydroxyl groups is 3. The molecule has 0 radical (unpaired) electrons. The molecule has 0 aliphatic heterocycles. The van der Waals surface area contributed by atoms with Crippen LogP contribution in [-0.2, 0) is 4.79 Å². The highest BCUT2D eigenvalue weighted by atomic mass is 16.5. The van der Waals surface area contributed by atoms with Crippen molar-refractivity contribution >= 4 is 5.97 Å². The lowest BCUT2D eigenvalue weighted by Crippen LogP contribution is -2.57. The van der Waals surface area contributed by atoms with Gasteiger partial charge in [0.05, 0.1) is 6.61 Å². The summed E-state index contributed by atoms with van der Waals surface area (Å²) in [5.41, 5.74) is -1.68. The van der Waals surface area contributed by atoms with Crippen LogP contribution in [0, 0.1) is 0 Å². The van der Waals surface area contributed by atoms with Crippen LogP contribution >= 0.6 is 0 Å². The Morgan fingerprint density at radius 2 is 1.82 bits per heavy atom. The second-order valence-electron chi connectivity index (χ2n) is 6.23. The molecular weight excluding hydrogens is 366 g/mol. The summed E-state index contributed by atoms with van der Waals surface area (Å²) in [5.74, 6) is -1.36. The van der Waals surface area contributed by atoms with Crippen LogP contribution in [-0.4, -0.2) is 45.3 Å². The molecule has 0 aliphatic rings. The van der Waals surface area contributed by atoms with E-state index in [-0.39, 0.29) is 42.6 Å². The molecule has 8 heteroatoms. The molecule has 0 amide bonds. The van der Waals surface area contributed by atoms with Gasteiger partial charge in [-0.3, -0.25) is 5.32 Å². The molecule has 28 heavy (non-hydrogen) atoms. The minimum atomic E-state index is -1.68. The highest BCUT2D eigenvalue weighted by Gasteiger charge is 2.40. The van der Waals surface area contributed by atoms with Gasteiger partial charge in [-0.1, -0.05) is 25.5 Å². The molecule has 0 bridgehead atoms. The van der Waals surface area contributed by atoms with E-state index >= 15 is 0 Å². The smallest absolute Gasteiger partial charge is 0.363 e. The first-order valence-corrected chi connectivity index (χ1v) is 8.98. The summed E-state index contributed by atoms with van der Waals surface area (Å²) in [5, 5.41) is 41.3. The van der Waals surface area contributed by atoms with Crippen molar-refractivity contribution in [1.82, 2.24) is 5.32 Å². The Bertz CT molecular complexity index is 796. The van der Waals surface area contributed by atoms with Crippen molar-refractivity contribution in [2.75, 3.05) is 13.2 Å². The first-order chi connectivity index (χ1) is 13.4. The second-order valence-corrected chi connectivity index (χ2v) is 6.23.